The van der Waals surface area contributed by atoms with E-state index in [1.54, 1.807) is 19.2 Å². The number of aromatic nitrogens is 5. The lowest BCUT2D eigenvalue weighted by Gasteiger charge is -2.13. The summed E-state index contributed by atoms with van der Waals surface area (Å²) in [5, 5.41) is 22.8. The van der Waals surface area contributed by atoms with Crippen molar-refractivity contribution in [2.45, 2.75) is 20.1 Å². The number of rotatable bonds is 11. The van der Waals surface area contributed by atoms with Gasteiger partial charge in [0, 0.05) is 5.69 Å². The summed E-state index contributed by atoms with van der Waals surface area (Å²) in [5.41, 5.74) is 12.4. The first kappa shape index (κ1) is 28.3. The third-order valence-corrected chi connectivity index (χ3v) is 6.63. The van der Waals surface area contributed by atoms with Crippen LogP contribution in [0.1, 0.15) is 32.9 Å². The third kappa shape index (κ3) is 6.55. The summed E-state index contributed by atoms with van der Waals surface area (Å²) >= 11 is 3.54. The molecule has 0 aliphatic heterocycles. The number of amides is 1. The molecule has 0 aliphatic rings. The van der Waals surface area contributed by atoms with Gasteiger partial charge < -0.3 is 20.5 Å². The molecule has 14 heteroatoms. The summed E-state index contributed by atoms with van der Waals surface area (Å²) in [5.74, 6) is 0.558. The molecular formula is C28H26BrN9O4. The number of carbonyl (C=O) groups is 1. The van der Waals surface area contributed by atoms with Gasteiger partial charge in [-0.3, -0.25) is 4.79 Å². The maximum Gasteiger partial charge on any atom is 0.293 e. The zero-order valence-corrected chi connectivity index (χ0v) is 24.2. The summed E-state index contributed by atoms with van der Waals surface area (Å²) in [6.45, 7) is 2.58. The van der Waals surface area contributed by atoms with Gasteiger partial charge in [0.1, 0.15) is 6.61 Å². The molecule has 0 atom stereocenters. The van der Waals surface area contributed by atoms with Crippen molar-refractivity contribution in [3.8, 4) is 17.3 Å². The highest BCUT2D eigenvalue weighted by atomic mass is 79.9. The van der Waals surface area contributed by atoms with Crippen LogP contribution in [0.25, 0.3) is 5.82 Å². The minimum Gasteiger partial charge on any atom is -0.493 e. The van der Waals surface area contributed by atoms with Crippen LogP contribution < -0.4 is 25.9 Å². The Morgan fingerprint density at radius 2 is 1.93 bits per heavy atom. The quantitative estimate of drug-likeness (QED) is 0.141. The highest BCUT2D eigenvalue weighted by molar-refractivity contribution is 9.10. The van der Waals surface area contributed by atoms with E-state index >= 15 is 0 Å². The Bertz CT molecular complexity index is 1700. The molecule has 5 aromatic rings. The predicted octanol–water partition coefficient (Wildman–Crippen LogP) is 4.27. The van der Waals surface area contributed by atoms with Gasteiger partial charge in [0.25, 0.3) is 5.91 Å². The largest absolute Gasteiger partial charge is 0.493 e. The number of nitrogens with zero attached hydrogens (tertiary/aromatic N) is 6. The van der Waals surface area contributed by atoms with E-state index in [1.165, 1.54) is 16.5 Å². The zero-order chi connectivity index (χ0) is 29.5. The van der Waals surface area contributed by atoms with Crippen LogP contribution in [-0.4, -0.2) is 44.5 Å². The Kier molecular flexibility index (Phi) is 8.72. The van der Waals surface area contributed by atoms with Gasteiger partial charge in [-0.2, -0.15) is 9.78 Å². The van der Waals surface area contributed by atoms with Crippen molar-refractivity contribution in [1.29, 1.82) is 0 Å². The van der Waals surface area contributed by atoms with Gasteiger partial charge in [0.15, 0.2) is 17.2 Å². The highest BCUT2D eigenvalue weighted by Crippen LogP contribution is 2.37. The van der Waals surface area contributed by atoms with E-state index in [-0.39, 0.29) is 23.9 Å². The molecule has 5 rings (SSSR count). The lowest BCUT2D eigenvalue weighted by molar-refractivity contribution is 0.0949. The van der Waals surface area contributed by atoms with Crippen molar-refractivity contribution in [3.05, 3.63) is 99.3 Å². The second kappa shape index (κ2) is 13.0. The molecule has 2 aromatic heterocycles. The Balaban J connectivity index is 1.31. The van der Waals surface area contributed by atoms with Gasteiger partial charge in [-0.15, -0.1) is 5.10 Å². The van der Waals surface area contributed by atoms with Crippen LogP contribution in [0.5, 0.6) is 11.5 Å². The van der Waals surface area contributed by atoms with E-state index < -0.39 is 5.91 Å². The molecule has 214 valence electrons. The number of aryl methyl sites for hydroxylation is 1. The monoisotopic (exact) mass is 631 g/mol. The van der Waals surface area contributed by atoms with E-state index in [0.717, 1.165) is 11.3 Å². The van der Waals surface area contributed by atoms with Gasteiger partial charge in [-0.1, -0.05) is 53.2 Å². The van der Waals surface area contributed by atoms with Crippen molar-refractivity contribution in [2.24, 2.45) is 5.10 Å². The standard InChI is InChI=1S/C28H26BrN9O4/c1-17-8-10-18(11-9-17)16-41-25-21(29)12-19(13-23(25)40-2)14-32-34-28(39)24-22(15-31-20-6-4-3-5-7-20)38(37-33-24)27-26(30)35-42-36-27/h3-14,31H,15-16H2,1-2H3,(H2,30,35)(H,34,39)/b32-14+. The van der Waals surface area contributed by atoms with E-state index in [1.807, 2.05) is 61.5 Å². The molecule has 1 amide bonds. The third-order valence-electron chi connectivity index (χ3n) is 6.04. The maximum absolute atomic E-state index is 13.1. The van der Waals surface area contributed by atoms with Crippen LogP contribution in [0.4, 0.5) is 11.5 Å². The molecule has 2 heterocycles. The van der Waals surface area contributed by atoms with Gasteiger partial charge in [-0.05, 0) is 68.6 Å². The highest BCUT2D eigenvalue weighted by Gasteiger charge is 2.24. The Morgan fingerprint density at radius 1 is 1.14 bits per heavy atom. The SMILES string of the molecule is COc1cc(/C=N/NC(=O)c2nnn(-c3nonc3N)c2CNc2ccccc2)cc(Br)c1OCc1ccc(C)cc1. The summed E-state index contributed by atoms with van der Waals surface area (Å²) in [7, 11) is 1.55. The predicted molar refractivity (Wildman–Crippen MR) is 159 cm³/mol. The van der Waals surface area contributed by atoms with Crippen molar-refractivity contribution < 1.29 is 18.9 Å². The fourth-order valence-electron chi connectivity index (χ4n) is 3.90. The minimum atomic E-state index is -0.596. The molecule has 4 N–H and O–H groups in total. The normalized spacial score (nSPS) is 11.0. The number of nitrogens with one attached hydrogen (secondary N) is 2. The second-order valence-corrected chi connectivity index (χ2v) is 9.85. The lowest BCUT2D eigenvalue weighted by atomic mass is 10.2. The van der Waals surface area contributed by atoms with Crippen LogP contribution in [-0.2, 0) is 13.2 Å². The van der Waals surface area contributed by atoms with Crippen molar-refractivity contribution in [1.82, 2.24) is 30.7 Å². The van der Waals surface area contributed by atoms with Crippen molar-refractivity contribution in [2.75, 3.05) is 18.2 Å². The fourth-order valence-corrected chi connectivity index (χ4v) is 4.47. The van der Waals surface area contributed by atoms with E-state index in [9.17, 15) is 4.79 Å². The van der Waals surface area contributed by atoms with Crippen LogP contribution in [0.3, 0.4) is 0 Å². The first-order valence-electron chi connectivity index (χ1n) is 12.6. The van der Waals surface area contributed by atoms with Crippen LogP contribution >= 0.6 is 15.9 Å². The van der Waals surface area contributed by atoms with Crippen LogP contribution in [0, 0.1) is 6.92 Å². The Hall–Kier alpha value is -5.24. The summed E-state index contributed by atoms with van der Waals surface area (Å²) < 4.78 is 18.2. The number of halogens is 1. The number of anilines is 2. The number of hydrogen-bond donors (Lipinski definition) is 3. The average molecular weight is 632 g/mol. The number of methoxy groups -OCH3 is 1. The number of nitrogen functional groups attached to an aromatic ring is 1. The number of hydrazone groups is 1. The maximum atomic E-state index is 13.1. The van der Waals surface area contributed by atoms with E-state index in [0.29, 0.717) is 33.8 Å². The van der Waals surface area contributed by atoms with Crippen molar-refractivity contribution in [3.63, 3.8) is 0 Å². The average Bonchev–Trinajstić information content (AvgIpc) is 3.62. The fraction of sp³-hybridized carbons (Fsp3) is 0.143. The molecule has 0 unspecified atom stereocenters. The summed E-state index contributed by atoms with van der Waals surface area (Å²) in [6.07, 6.45) is 1.47. The molecule has 3 aromatic carbocycles. The number of benzene rings is 3. The molecule has 13 nitrogen and oxygen atoms in total. The van der Waals surface area contributed by atoms with Gasteiger partial charge in [-0.25, -0.2) is 10.1 Å². The molecule has 0 saturated heterocycles. The van der Waals surface area contributed by atoms with Crippen LogP contribution in [0.2, 0.25) is 0 Å². The molecule has 0 spiro atoms. The molecule has 0 saturated carbocycles. The first-order chi connectivity index (χ1) is 20.4. The smallest absolute Gasteiger partial charge is 0.293 e. The van der Waals surface area contributed by atoms with E-state index in [2.05, 4.69) is 52.4 Å². The lowest BCUT2D eigenvalue weighted by Crippen LogP contribution is -2.21. The Labute approximate surface area is 248 Å². The number of hydrogen-bond acceptors (Lipinski definition) is 11. The van der Waals surface area contributed by atoms with Gasteiger partial charge in [0.05, 0.1) is 30.0 Å². The van der Waals surface area contributed by atoms with Gasteiger partial charge in [0.2, 0.25) is 11.6 Å². The number of ether oxygens (including phenoxy) is 2. The summed E-state index contributed by atoms with van der Waals surface area (Å²) in [4.78, 5) is 13.1. The van der Waals surface area contributed by atoms with Crippen LogP contribution in [0.15, 0.2) is 80.9 Å². The molecule has 0 aliphatic carbocycles. The molecule has 42 heavy (non-hydrogen) atoms. The molecule has 0 bridgehead atoms. The van der Waals surface area contributed by atoms with Gasteiger partial charge >= 0.3 is 0 Å². The van der Waals surface area contributed by atoms with Crippen molar-refractivity contribution >= 4 is 39.6 Å². The topological polar surface area (TPSA) is 168 Å². The number of nitrogens with two attached hydrogens (primary N) is 1. The molecule has 0 fully saturated rings. The summed E-state index contributed by atoms with van der Waals surface area (Å²) in [6, 6.07) is 21.1. The molecular weight excluding hydrogens is 606 g/mol. The minimum absolute atomic E-state index is 0.00310. The zero-order valence-electron chi connectivity index (χ0n) is 22.6. The van der Waals surface area contributed by atoms with E-state index in [4.69, 9.17) is 19.8 Å². The number of para-hydroxylation sites is 1. The first-order valence-corrected chi connectivity index (χ1v) is 13.4. The molecule has 0 radical (unpaired) electrons. The second-order valence-electron chi connectivity index (χ2n) is 9.00. The number of carbonyl (C=O) groups excluding carboxylic acids is 1. The Morgan fingerprint density at radius 3 is 2.64 bits per heavy atom.